The predicted molar refractivity (Wildman–Crippen MR) is 83.6 cm³/mol. The average molecular weight is 292 g/mol. The maximum Gasteiger partial charge on any atom is 0.325 e. The first-order valence-corrected chi connectivity index (χ1v) is 7.06. The lowest BCUT2D eigenvalue weighted by Gasteiger charge is -2.33. The predicted octanol–water partition coefficient (Wildman–Crippen LogP) is 2.98. The van der Waals surface area contributed by atoms with Gasteiger partial charge in [0.15, 0.2) is 0 Å². The number of urea groups is 1. The minimum absolute atomic E-state index is 0.0271. The van der Waals surface area contributed by atoms with Crippen molar-refractivity contribution in [2.45, 2.75) is 33.7 Å². The van der Waals surface area contributed by atoms with Gasteiger partial charge in [-0.1, -0.05) is 31.5 Å². The van der Waals surface area contributed by atoms with Crippen LogP contribution in [-0.2, 0) is 4.79 Å². The summed E-state index contributed by atoms with van der Waals surface area (Å²) in [7, 11) is 1.70. The van der Waals surface area contributed by atoms with Crippen LogP contribution in [0, 0.1) is 12.8 Å². The zero-order chi connectivity index (χ0) is 16.2. The van der Waals surface area contributed by atoms with Gasteiger partial charge in [-0.3, -0.25) is 9.69 Å². The van der Waals surface area contributed by atoms with Crippen LogP contribution in [0.1, 0.15) is 26.3 Å². The van der Waals surface area contributed by atoms with Crippen LogP contribution in [0.25, 0.3) is 0 Å². The number of carbonyl (C=O) groups is 2. The quantitative estimate of drug-likeness (QED) is 0.907. The smallest absolute Gasteiger partial charge is 0.325 e. The standard InChI is InChI=1S/C16H24N2O3/c1-11(2)13(4)17(5)16(21)18(10-15(19)20)14-8-6-12(3)7-9-14/h6-9,11,13H,10H2,1-5H3,(H,19,20). The number of carboxylic acid groups (broad SMARTS) is 1. The second-order valence-corrected chi connectivity index (χ2v) is 5.69. The topological polar surface area (TPSA) is 60.9 Å². The highest BCUT2D eigenvalue weighted by atomic mass is 16.4. The lowest BCUT2D eigenvalue weighted by atomic mass is 10.1. The number of amides is 2. The van der Waals surface area contributed by atoms with Crippen LogP contribution < -0.4 is 4.90 Å². The van der Waals surface area contributed by atoms with E-state index >= 15 is 0 Å². The maximum absolute atomic E-state index is 12.6. The molecule has 1 aromatic rings. The minimum atomic E-state index is -1.03. The molecule has 0 aromatic heterocycles. The summed E-state index contributed by atoms with van der Waals surface area (Å²) in [4.78, 5) is 26.5. The molecule has 116 valence electrons. The number of aliphatic carboxylic acids is 1. The molecule has 1 aromatic carbocycles. The van der Waals surface area contributed by atoms with E-state index in [-0.39, 0.29) is 18.6 Å². The Morgan fingerprint density at radius 2 is 1.67 bits per heavy atom. The molecule has 0 saturated carbocycles. The number of carbonyl (C=O) groups excluding carboxylic acids is 1. The third-order valence-electron chi connectivity index (χ3n) is 3.75. The minimum Gasteiger partial charge on any atom is -0.480 e. The lowest BCUT2D eigenvalue weighted by molar-refractivity contribution is -0.135. The first kappa shape index (κ1) is 17.0. The molecule has 21 heavy (non-hydrogen) atoms. The zero-order valence-corrected chi connectivity index (χ0v) is 13.3. The van der Waals surface area contributed by atoms with Crippen molar-refractivity contribution in [2.24, 2.45) is 5.92 Å². The fourth-order valence-corrected chi connectivity index (χ4v) is 1.94. The van der Waals surface area contributed by atoms with Crippen molar-refractivity contribution in [1.82, 2.24) is 4.90 Å². The number of nitrogens with zero attached hydrogens (tertiary/aromatic N) is 2. The Kier molecular flexibility index (Phi) is 5.76. The maximum atomic E-state index is 12.6. The first-order chi connectivity index (χ1) is 9.73. The molecule has 1 N–H and O–H groups in total. The van der Waals surface area contributed by atoms with E-state index in [1.54, 1.807) is 24.1 Å². The molecule has 0 bridgehead atoms. The van der Waals surface area contributed by atoms with Crippen LogP contribution in [0.2, 0.25) is 0 Å². The van der Waals surface area contributed by atoms with Gasteiger partial charge in [-0.05, 0) is 31.9 Å². The van der Waals surface area contributed by atoms with Gasteiger partial charge in [0.05, 0.1) is 0 Å². The summed E-state index contributed by atoms with van der Waals surface area (Å²) >= 11 is 0. The Morgan fingerprint density at radius 1 is 1.14 bits per heavy atom. The summed E-state index contributed by atoms with van der Waals surface area (Å²) in [6.07, 6.45) is 0. The van der Waals surface area contributed by atoms with Crippen molar-refractivity contribution in [3.8, 4) is 0 Å². The largest absolute Gasteiger partial charge is 0.480 e. The lowest BCUT2D eigenvalue weighted by Crippen LogP contribution is -2.48. The van der Waals surface area contributed by atoms with Crippen LogP contribution >= 0.6 is 0 Å². The highest BCUT2D eigenvalue weighted by Gasteiger charge is 2.26. The molecule has 5 heteroatoms. The van der Waals surface area contributed by atoms with Crippen molar-refractivity contribution in [1.29, 1.82) is 0 Å². The van der Waals surface area contributed by atoms with Crippen molar-refractivity contribution in [3.05, 3.63) is 29.8 Å². The summed E-state index contributed by atoms with van der Waals surface area (Å²) < 4.78 is 0. The van der Waals surface area contributed by atoms with Crippen LogP contribution in [0.4, 0.5) is 10.5 Å². The molecule has 0 saturated heterocycles. The summed E-state index contributed by atoms with van der Waals surface area (Å²) in [6.45, 7) is 7.61. The van der Waals surface area contributed by atoms with Gasteiger partial charge in [-0.2, -0.15) is 0 Å². The number of benzene rings is 1. The fraction of sp³-hybridized carbons (Fsp3) is 0.500. The summed E-state index contributed by atoms with van der Waals surface area (Å²) in [5, 5.41) is 9.07. The van der Waals surface area contributed by atoms with Gasteiger partial charge in [0, 0.05) is 18.8 Å². The Labute approximate surface area is 126 Å². The third kappa shape index (κ3) is 4.48. The molecular weight excluding hydrogens is 268 g/mol. The Morgan fingerprint density at radius 3 is 2.10 bits per heavy atom. The number of hydrogen-bond donors (Lipinski definition) is 1. The highest BCUT2D eigenvalue weighted by molar-refractivity contribution is 5.96. The Balaban J connectivity index is 3.04. The summed E-state index contributed by atoms with van der Waals surface area (Å²) in [5.41, 5.74) is 1.65. The van der Waals surface area contributed by atoms with Gasteiger partial charge in [0.1, 0.15) is 6.54 Å². The SMILES string of the molecule is Cc1ccc(N(CC(=O)O)C(=O)N(C)C(C)C(C)C)cc1. The highest BCUT2D eigenvalue weighted by Crippen LogP contribution is 2.19. The van der Waals surface area contributed by atoms with Gasteiger partial charge in [-0.25, -0.2) is 4.79 Å². The average Bonchev–Trinajstić information content (AvgIpc) is 2.43. The van der Waals surface area contributed by atoms with Crippen molar-refractivity contribution < 1.29 is 14.7 Å². The molecule has 0 aliphatic rings. The van der Waals surface area contributed by atoms with Crippen LogP contribution in [0.5, 0.6) is 0 Å². The molecule has 0 aliphatic heterocycles. The van der Waals surface area contributed by atoms with E-state index in [1.807, 2.05) is 39.8 Å². The summed E-state index contributed by atoms with van der Waals surface area (Å²) in [6, 6.07) is 6.99. The van der Waals surface area contributed by atoms with Gasteiger partial charge >= 0.3 is 12.0 Å². The van der Waals surface area contributed by atoms with Gasteiger partial charge in [-0.15, -0.1) is 0 Å². The number of hydrogen-bond acceptors (Lipinski definition) is 2. The van der Waals surface area contributed by atoms with Crippen molar-refractivity contribution in [2.75, 3.05) is 18.5 Å². The second kappa shape index (κ2) is 7.11. The van der Waals surface area contributed by atoms with Crippen molar-refractivity contribution in [3.63, 3.8) is 0 Å². The van der Waals surface area contributed by atoms with Crippen LogP contribution in [0.15, 0.2) is 24.3 Å². The number of aryl methyl sites for hydroxylation is 1. The molecule has 1 rings (SSSR count). The van der Waals surface area contributed by atoms with E-state index in [2.05, 4.69) is 0 Å². The molecule has 0 radical (unpaired) electrons. The van der Waals surface area contributed by atoms with Crippen molar-refractivity contribution >= 4 is 17.7 Å². The molecule has 5 nitrogen and oxygen atoms in total. The van der Waals surface area contributed by atoms with E-state index in [1.165, 1.54) is 4.90 Å². The third-order valence-corrected chi connectivity index (χ3v) is 3.75. The molecule has 0 fully saturated rings. The van der Waals surface area contributed by atoms with Gasteiger partial charge < -0.3 is 10.0 Å². The van der Waals surface area contributed by atoms with Crippen LogP contribution in [-0.4, -0.2) is 41.6 Å². The number of rotatable bonds is 5. The molecule has 0 heterocycles. The molecule has 1 unspecified atom stereocenters. The second-order valence-electron chi connectivity index (χ2n) is 5.69. The summed E-state index contributed by atoms with van der Waals surface area (Å²) in [5.74, 6) is -0.738. The molecule has 0 aliphatic carbocycles. The Hall–Kier alpha value is -2.04. The number of carboxylic acids is 1. The Bertz CT molecular complexity index is 497. The monoisotopic (exact) mass is 292 g/mol. The molecule has 1 atom stereocenters. The van der Waals surface area contributed by atoms with E-state index in [0.717, 1.165) is 5.56 Å². The number of anilines is 1. The fourth-order valence-electron chi connectivity index (χ4n) is 1.94. The van der Waals surface area contributed by atoms with E-state index in [0.29, 0.717) is 11.6 Å². The van der Waals surface area contributed by atoms with Crippen LogP contribution in [0.3, 0.4) is 0 Å². The molecular formula is C16H24N2O3. The molecule has 0 spiro atoms. The van der Waals surface area contributed by atoms with Gasteiger partial charge in [0.2, 0.25) is 0 Å². The van der Waals surface area contributed by atoms with Gasteiger partial charge in [0.25, 0.3) is 0 Å². The molecule has 2 amide bonds. The normalized spacial score (nSPS) is 12.1. The van der Waals surface area contributed by atoms with E-state index < -0.39 is 5.97 Å². The first-order valence-electron chi connectivity index (χ1n) is 7.06. The van der Waals surface area contributed by atoms with E-state index in [4.69, 9.17) is 5.11 Å². The van der Waals surface area contributed by atoms with E-state index in [9.17, 15) is 9.59 Å². The zero-order valence-electron chi connectivity index (χ0n) is 13.3.